The van der Waals surface area contributed by atoms with Gasteiger partial charge in [-0.3, -0.25) is 13.9 Å². The summed E-state index contributed by atoms with van der Waals surface area (Å²) in [6, 6.07) is 7.88. The molecule has 1 aromatic carbocycles. The molecule has 1 atom stereocenters. The molecule has 0 aliphatic heterocycles. The van der Waals surface area contributed by atoms with Gasteiger partial charge in [0.15, 0.2) is 0 Å². The first-order valence-corrected chi connectivity index (χ1v) is 7.69. The number of aromatic nitrogens is 3. The minimum absolute atomic E-state index is 0.195. The van der Waals surface area contributed by atoms with E-state index in [1.807, 2.05) is 30.5 Å². The normalized spacial score (nSPS) is 12.4. The number of H-pyrrole nitrogens is 1. The van der Waals surface area contributed by atoms with E-state index in [-0.39, 0.29) is 17.3 Å². The predicted octanol–water partition coefficient (Wildman–Crippen LogP) is 1.86. The zero-order valence-corrected chi connectivity index (χ0v) is 13.7. The molecule has 24 heavy (non-hydrogen) atoms. The van der Waals surface area contributed by atoms with Gasteiger partial charge in [-0.05, 0) is 18.1 Å². The van der Waals surface area contributed by atoms with Crippen LogP contribution in [0.3, 0.4) is 0 Å². The maximum Gasteiger partial charge on any atom is 0.332 e. The first-order valence-electron chi connectivity index (χ1n) is 7.69. The Bertz CT molecular complexity index is 1040. The smallest absolute Gasteiger partial charge is 0.332 e. The van der Waals surface area contributed by atoms with Gasteiger partial charge in [-0.2, -0.15) is 0 Å². The van der Waals surface area contributed by atoms with Gasteiger partial charge in [0, 0.05) is 37.1 Å². The maximum atomic E-state index is 12.7. The minimum atomic E-state index is -0.433. The standard InChI is InChI=1S/C18H20N4O2/c1-4-7-12(13-10-20-14-9-6-5-8-11(13)14)15-16(19)21(2)18(24)22(3)17(15)23/h4-6,8-10,12,20H,1,7,19H2,2-3H3. The lowest BCUT2D eigenvalue weighted by molar-refractivity contribution is 0.661. The number of allylic oxidation sites excluding steroid dienone is 1. The van der Waals surface area contributed by atoms with Crippen molar-refractivity contribution in [2.24, 2.45) is 14.1 Å². The Kier molecular flexibility index (Phi) is 3.89. The van der Waals surface area contributed by atoms with Crippen LogP contribution in [0.15, 0.2) is 52.7 Å². The summed E-state index contributed by atoms with van der Waals surface area (Å²) < 4.78 is 2.40. The van der Waals surface area contributed by atoms with Crippen LogP contribution < -0.4 is 17.0 Å². The number of fused-ring (bicyclic) bond motifs is 1. The van der Waals surface area contributed by atoms with E-state index in [1.54, 1.807) is 13.1 Å². The summed E-state index contributed by atoms with van der Waals surface area (Å²) in [5, 5.41) is 1.03. The molecule has 0 radical (unpaired) electrons. The highest BCUT2D eigenvalue weighted by molar-refractivity contribution is 5.84. The zero-order valence-electron chi connectivity index (χ0n) is 13.7. The van der Waals surface area contributed by atoms with E-state index >= 15 is 0 Å². The Morgan fingerprint density at radius 2 is 1.96 bits per heavy atom. The Labute approximate surface area is 138 Å². The van der Waals surface area contributed by atoms with Gasteiger partial charge in [0.1, 0.15) is 5.82 Å². The lowest BCUT2D eigenvalue weighted by Crippen LogP contribution is -2.41. The summed E-state index contributed by atoms with van der Waals surface area (Å²) in [7, 11) is 3.04. The van der Waals surface area contributed by atoms with Crippen molar-refractivity contribution in [2.75, 3.05) is 5.73 Å². The Hall–Kier alpha value is -3.02. The molecule has 1 unspecified atom stereocenters. The molecular weight excluding hydrogens is 304 g/mol. The van der Waals surface area contributed by atoms with Crippen LogP contribution in [-0.2, 0) is 14.1 Å². The van der Waals surface area contributed by atoms with E-state index in [1.165, 1.54) is 11.6 Å². The molecule has 2 aromatic heterocycles. The van der Waals surface area contributed by atoms with Gasteiger partial charge in [0.05, 0.1) is 5.56 Å². The predicted molar refractivity (Wildman–Crippen MR) is 96.3 cm³/mol. The number of hydrogen-bond acceptors (Lipinski definition) is 3. The van der Waals surface area contributed by atoms with E-state index in [0.29, 0.717) is 12.0 Å². The van der Waals surface area contributed by atoms with Gasteiger partial charge in [0.2, 0.25) is 0 Å². The molecule has 0 fully saturated rings. The van der Waals surface area contributed by atoms with Crippen LogP contribution in [0.25, 0.3) is 10.9 Å². The van der Waals surface area contributed by atoms with Gasteiger partial charge in [-0.1, -0.05) is 24.3 Å². The number of nitrogens with two attached hydrogens (primary N) is 1. The summed E-state index contributed by atoms with van der Waals surface area (Å²) in [5.41, 5.74) is 7.71. The second-order valence-corrected chi connectivity index (χ2v) is 5.87. The molecule has 3 N–H and O–H groups in total. The molecule has 6 nitrogen and oxygen atoms in total. The fraction of sp³-hybridized carbons (Fsp3) is 0.222. The fourth-order valence-electron chi connectivity index (χ4n) is 3.16. The molecule has 0 saturated carbocycles. The summed E-state index contributed by atoms with van der Waals surface area (Å²) in [4.78, 5) is 28.0. The van der Waals surface area contributed by atoms with E-state index in [4.69, 9.17) is 5.73 Å². The van der Waals surface area contributed by atoms with Crippen LogP contribution in [0, 0.1) is 0 Å². The highest BCUT2D eigenvalue weighted by atomic mass is 16.2. The van der Waals surface area contributed by atoms with Crippen LogP contribution in [0.2, 0.25) is 0 Å². The highest BCUT2D eigenvalue weighted by Crippen LogP contribution is 2.33. The minimum Gasteiger partial charge on any atom is -0.385 e. The number of nitrogen functional groups attached to an aromatic ring is 1. The van der Waals surface area contributed by atoms with Crippen molar-refractivity contribution >= 4 is 16.7 Å². The average Bonchev–Trinajstić information content (AvgIpc) is 3.01. The first kappa shape index (κ1) is 15.9. The van der Waals surface area contributed by atoms with Crippen molar-refractivity contribution in [3.05, 3.63) is 75.1 Å². The Morgan fingerprint density at radius 1 is 1.25 bits per heavy atom. The van der Waals surface area contributed by atoms with Crippen LogP contribution in [0.4, 0.5) is 5.82 Å². The first-order chi connectivity index (χ1) is 11.5. The third kappa shape index (κ3) is 2.27. The molecule has 0 aliphatic carbocycles. The molecule has 3 aromatic rings. The number of nitrogens with one attached hydrogen (secondary N) is 1. The molecular formula is C18H20N4O2. The number of hydrogen-bond donors (Lipinski definition) is 2. The molecule has 3 rings (SSSR count). The van der Waals surface area contributed by atoms with Crippen LogP contribution >= 0.6 is 0 Å². The van der Waals surface area contributed by atoms with Crippen molar-refractivity contribution < 1.29 is 0 Å². The van der Waals surface area contributed by atoms with Crippen LogP contribution in [0.1, 0.15) is 23.5 Å². The fourth-order valence-corrected chi connectivity index (χ4v) is 3.16. The molecule has 0 saturated heterocycles. The van der Waals surface area contributed by atoms with E-state index in [2.05, 4.69) is 11.6 Å². The lowest BCUT2D eigenvalue weighted by Gasteiger charge is -2.19. The molecule has 0 spiro atoms. The molecule has 0 bridgehead atoms. The van der Waals surface area contributed by atoms with E-state index in [9.17, 15) is 9.59 Å². The van der Waals surface area contributed by atoms with E-state index < -0.39 is 5.69 Å². The lowest BCUT2D eigenvalue weighted by atomic mass is 9.89. The third-order valence-electron chi connectivity index (χ3n) is 4.49. The summed E-state index contributed by atoms with van der Waals surface area (Å²) in [5.74, 6) is -0.0793. The summed E-state index contributed by atoms with van der Waals surface area (Å²) in [6.07, 6.45) is 4.19. The third-order valence-corrected chi connectivity index (χ3v) is 4.49. The molecule has 2 heterocycles. The van der Waals surface area contributed by atoms with Crippen LogP contribution in [0.5, 0.6) is 0 Å². The van der Waals surface area contributed by atoms with Gasteiger partial charge >= 0.3 is 5.69 Å². The second kappa shape index (κ2) is 5.88. The van der Waals surface area contributed by atoms with Crippen molar-refractivity contribution in [3.63, 3.8) is 0 Å². The van der Waals surface area contributed by atoms with Crippen molar-refractivity contribution in [1.82, 2.24) is 14.1 Å². The summed E-state index contributed by atoms with van der Waals surface area (Å²) in [6.45, 7) is 3.81. The maximum absolute atomic E-state index is 12.7. The quantitative estimate of drug-likeness (QED) is 0.718. The zero-order chi connectivity index (χ0) is 17.4. The summed E-state index contributed by atoms with van der Waals surface area (Å²) >= 11 is 0. The largest absolute Gasteiger partial charge is 0.385 e. The number of nitrogens with zero attached hydrogens (tertiary/aromatic N) is 2. The Morgan fingerprint density at radius 3 is 2.67 bits per heavy atom. The van der Waals surface area contributed by atoms with Crippen molar-refractivity contribution in [1.29, 1.82) is 0 Å². The van der Waals surface area contributed by atoms with Crippen molar-refractivity contribution in [3.8, 4) is 0 Å². The molecule has 0 aliphatic rings. The van der Waals surface area contributed by atoms with E-state index in [0.717, 1.165) is 21.0 Å². The molecule has 0 amide bonds. The molecule has 6 heteroatoms. The van der Waals surface area contributed by atoms with Gasteiger partial charge in [-0.15, -0.1) is 6.58 Å². The number of rotatable bonds is 4. The number of benzene rings is 1. The average molecular weight is 324 g/mol. The van der Waals surface area contributed by atoms with Crippen molar-refractivity contribution in [2.45, 2.75) is 12.3 Å². The topological polar surface area (TPSA) is 85.8 Å². The van der Waals surface area contributed by atoms with Gasteiger partial charge < -0.3 is 10.7 Å². The number of anilines is 1. The van der Waals surface area contributed by atoms with Crippen LogP contribution in [-0.4, -0.2) is 14.1 Å². The number of para-hydroxylation sites is 1. The Balaban J connectivity index is 2.34. The monoisotopic (exact) mass is 324 g/mol. The van der Waals surface area contributed by atoms with Gasteiger partial charge in [0.25, 0.3) is 5.56 Å². The SMILES string of the molecule is C=CCC(c1c(N)n(C)c(=O)n(C)c1=O)c1c[nH]c2ccccc12. The van der Waals surface area contributed by atoms with Gasteiger partial charge in [-0.25, -0.2) is 4.79 Å². The second-order valence-electron chi connectivity index (χ2n) is 5.87. The highest BCUT2D eigenvalue weighted by Gasteiger charge is 2.25. The molecule has 124 valence electrons. The number of aromatic amines is 1.